The maximum absolute atomic E-state index is 13.4. The molecule has 0 aliphatic heterocycles. The fourth-order valence-corrected chi connectivity index (χ4v) is 2.94. The number of hydrogen-bond donors (Lipinski definition) is 2. The van der Waals surface area contributed by atoms with Crippen molar-refractivity contribution >= 4 is 5.97 Å². The Kier molecular flexibility index (Phi) is 7.88. The Morgan fingerprint density at radius 1 is 1.11 bits per heavy atom. The molecule has 0 spiro atoms. The number of aryl methyl sites for hydroxylation is 1. The lowest BCUT2D eigenvalue weighted by Gasteiger charge is -2.24. The first-order valence-electron chi connectivity index (χ1n) is 9.03. The molecule has 0 fully saturated rings. The summed E-state index contributed by atoms with van der Waals surface area (Å²) in [5, 5.41) is 3.24. The van der Waals surface area contributed by atoms with E-state index in [9.17, 15) is 13.6 Å². The first-order chi connectivity index (χ1) is 12.9. The predicted molar refractivity (Wildman–Crippen MR) is 101 cm³/mol. The molecular formula is C21H26F2N2O2. The molecule has 6 heteroatoms. The zero-order valence-electron chi connectivity index (χ0n) is 15.7. The number of carbonyl (C=O) groups is 1. The van der Waals surface area contributed by atoms with Crippen LogP contribution < -0.4 is 11.1 Å². The summed E-state index contributed by atoms with van der Waals surface area (Å²) in [6.45, 7) is 4.35. The van der Waals surface area contributed by atoms with Crippen LogP contribution in [0.15, 0.2) is 42.5 Å². The molecule has 0 amide bonds. The molecule has 2 atom stereocenters. The average Bonchev–Trinajstić information content (AvgIpc) is 2.59. The van der Waals surface area contributed by atoms with Crippen LogP contribution in [-0.4, -0.2) is 24.7 Å². The minimum atomic E-state index is -0.657. The summed E-state index contributed by atoms with van der Waals surface area (Å²) < 4.78 is 32.0. The highest BCUT2D eigenvalue weighted by Gasteiger charge is 2.21. The number of benzene rings is 2. The second-order valence-electron chi connectivity index (χ2n) is 6.60. The van der Waals surface area contributed by atoms with Gasteiger partial charge in [0.15, 0.2) is 0 Å². The van der Waals surface area contributed by atoms with Gasteiger partial charge in [0, 0.05) is 32.1 Å². The van der Waals surface area contributed by atoms with Crippen LogP contribution in [0.5, 0.6) is 0 Å². The number of nitrogens with two attached hydrogens (primary N) is 1. The van der Waals surface area contributed by atoms with Crippen LogP contribution in [0.4, 0.5) is 8.78 Å². The third kappa shape index (κ3) is 7.07. The average molecular weight is 376 g/mol. The van der Waals surface area contributed by atoms with Crippen molar-refractivity contribution in [1.82, 2.24) is 5.32 Å². The first kappa shape index (κ1) is 21.0. The maximum atomic E-state index is 13.4. The van der Waals surface area contributed by atoms with Crippen molar-refractivity contribution in [3.8, 4) is 0 Å². The van der Waals surface area contributed by atoms with Crippen molar-refractivity contribution in [2.45, 2.75) is 45.4 Å². The molecule has 4 nitrogen and oxygen atoms in total. The minimum absolute atomic E-state index is 0.194. The molecule has 0 aliphatic carbocycles. The molecule has 0 saturated carbocycles. The van der Waals surface area contributed by atoms with Gasteiger partial charge in [0.25, 0.3) is 0 Å². The number of nitrogens with one attached hydrogen (secondary N) is 1. The Morgan fingerprint density at radius 3 is 2.41 bits per heavy atom. The molecule has 27 heavy (non-hydrogen) atoms. The molecule has 0 bridgehead atoms. The Labute approximate surface area is 158 Å². The number of carbonyl (C=O) groups excluding carboxylic acids is 1. The van der Waals surface area contributed by atoms with Crippen molar-refractivity contribution < 1.29 is 18.3 Å². The van der Waals surface area contributed by atoms with Gasteiger partial charge in [-0.2, -0.15) is 0 Å². The SMILES string of the molecule is CCc1cccc(CNCC(OC(C)=O)C(N)Cc2cc(F)cc(F)c2)c1. The van der Waals surface area contributed by atoms with Gasteiger partial charge in [-0.3, -0.25) is 4.79 Å². The van der Waals surface area contributed by atoms with Crippen LogP contribution >= 0.6 is 0 Å². The molecule has 2 aromatic carbocycles. The third-order valence-corrected chi connectivity index (χ3v) is 4.26. The highest BCUT2D eigenvalue weighted by Crippen LogP contribution is 2.12. The Hall–Kier alpha value is -2.31. The summed E-state index contributed by atoms with van der Waals surface area (Å²) in [5.74, 6) is -1.76. The molecule has 0 radical (unpaired) electrons. The van der Waals surface area contributed by atoms with Gasteiger partial charge in [0.05, 0.1) is 0 Å². The van der Waals surface area contributed by atoms with E-state index in [0.717, 1.165) is 18.1 Å². The standard InChI is InChI=1S/C21H26F2N2O2/c1-3-15-5-4-6-16(7-15)12-25-13-21(27-14(2)26)20(24)10-17-8-18(22)11-19(23)9-17/h4-9,11,20-21,25H,3,10,12-13,24H2,1-2H3. The molecule has 0 saturated heterocycles. The van der Waals surface area contributed by atoms with E-state index < -0.39 is 29.7 Å². The number of ether oxygens (including phenoxy) is 1. The van der Waals surface area contributed by atoms with Crippen LogP contribution in [0.25, 0.3) is 0 Å². The quantitative estimate of drug-likeness (QED) is 0.660. The Balaban J connectivity index is 1.97. The molecule has 0 heterocycles. The van der Waals surface area contributed by atoms with Gasteiger partial charge in [-0.25, -0.2) is 8.78 Å². The summed E-state index contributed by atoms with van der Waals surface area (Å²) >= 11 is 0. The van der Waals surface area contributed by atoms with Crippen LogP contribution in [-0.2, 0) is 28.9 Å². The van der Waals surface area contributed by atoms with Crippen LogP contribution in [0.2, 0.25) is 0 Å². The summed E-state index contributed by atoms with van der Waals surface area (Å²) in [4.78, 5) is 11.4. The van der Waals surface area contributed by atoms with Crippen molar-refractivity contribution in [3.63, 3.8) is 0 Å². The van der Waals surface area contributed by atoms with Gasteiger partial charge in [-0.15, -0.1) is 0 Å². The zero-order valence-corrected chi connectivity index (χ0v) is 15.7. The van der Waals surface area contributed by atoms with Gasteiger partial charge < -0.3 is 15.8 Å². The minimum Gasteiger partial charge on any atom is -0.460 e. The molecule has 2 aromatic rings. The molecule has 2 rings (SSSR count). The Bertz CT molecular complexity index is 747. The van der Waals surface area contributed by atoms with E-state index in [4.69, 9.17) is 10.5 Å². The highest BCUT2D eigenvalue weighted by molar-refractivity contribution is 5.66. The highest BCUT2D eigenvalue weighted by atomic mass is 19.1. The van der Waals surface area contributed by atoms with Gasteiger partial charge >= 0.3 is 5.97 Å². The molecule has 146 valence electrons. The van der Waals surface area contributed by atoms with Crippen LogP contribution in [0.3, 0.4) is 0 Å². The summed E-state index contributed by atoms with van der Waals surface area (Å²) in [6, 6.07) is 10.9. The van der Waals surface area contributed by atoms with Crippen molar-refractivity contribution in [2.24, 2.45) is 5.73 Å². The second-order valence-corrected chi connectivity index (χ2v) is 6.60. The van der Waals surface area contributed by atoms with Gasteiger partial charge in [-0.05, 0) is 41.7 Å². The van der Waals surface area contributed by atoms with Crippen molar-refractivity contribution in [2.75, 3.05) is 6.54 Å². The number of rotatable bonds is 9. The van der Waals surface area contributed by atoms with E-state index in [0.29, 0.717) is 18.7 Å². The van der Waals surface area contributed by atoms with Gasteiger partial charge in [0.1, 0.15) is 17.7 Å². The van der Waals surface area contributed by atoms with E-state index in [1.165, 1.54) is 24.6 Å². The number of hydrogen-bond acceptors (Lipinski definition) is 4. The Morgan fingerprint density at radius 2 is 1.78 bits per heavy atom. The fraction of sp³-hybridized carbons (Fsp3) is 0.381. The topological polar surface area (TPSA) is 64.3 Å². The van der Waals surface area contributed by atoms with E-state index >= 15 is 0 Å². The fourth-order valence-electron chi connectivity index (χ4n) is 2.94. The van der Waals surface area contributed by atoms with E-state index in [-0.39, 0.29) is 6.42 Å². The van der Waals surface area contributed by atoms with Crippen molar-refractivity contribution in [1.29, 1.82) is 0 Å². The lowest BCUT2D eigenvalue weighted by molar-refractivity contribution is -0.147. The number of esters is 1. The smallest absolute Gasteiger partial charge is 0.303 e. The third-order valence-electron chi connectivity index (χ3n) is 4.26. The van der Waals surface area contributed by atoms with Crippen LogP contribution in [0.1, 0.15) is 30.5 Å². The molecule has 0 aliphatic rings. The van der Waals surface area contributed by atoms with E-state index in [2.05, 4.69) is 24.4 Å². The number of halogens is 2. The predicted octanol–water partition coefficient (Wildman–Crippen LogP) is 3.12. The zero-order chi connectivity index (χ0) is 19.8. The lowest BCUT2D eigenvalue weighted by Crippen LogP contribution is -2.45. The lowest BCUT2D eigenvalue weighted by atomic mass is 10.0. The summed E-state index contributed by atoms with van der Waals surface area (Å²) in [6.07, 6.45) is 0.543. The summed E-state index contributed by atoms with van der Waals surface area (Å²) in [7, 11) is 0. The maximum Gasteiger partial charge on any atom is 0.303 e. The van der Waals surface area contributed by atoms with Gasteiger partial charge in [-0.1, -0.05) is 31.2 Å². The van der Waals surface area contributed by atoms with Crippen LogP contribution in [0, 0.1) is 11.6 Å². The summed E-state index contributed by atoms with van der Waals surface area (Å²) in [5.41, 5.74) is 8.95. The van der Waals surface area contributed by atoms with Crippen molar-refractivity contribution in [3.05, 3.63) is 70.8 Å². The molecular weight excluding hydrogens is 350 g/mol. The second kappa shape index (κ2) is 10.1. The normalized spacial score (nSPS) is 13.2. The molecule has 2 unspecified atom stereocenters. The van der Waals surface area contributed by atoms with Gasteiger partial charge in [0.2, 0.25) is 0 Å². The first-order valence-corrected chi connectivity index (χ1v) is 9.03. The van der Waals surface area contributed by atoms with E-state index in [1.807, 2.05) is 12.1 Å². The largest absolute Gasteiger partial charge is 0.460 e. The molecule has 3 N–H and O–H groups in total. The molecule has 0 aromatic heterocycles. The monoisotopic (exact) mass is 376 g/mol. The van der Waals surface area contributed by atoms with E-state index in [1.54, 1.807) is 0 Å².